The van der Waals surface area contributed by atoms with Crippen molar-refractivity contribution in [3.63, 3.8) is 0 Å². The van der Waals surface area contributed by atoms with Gasteiger partial charge in [-0.3, -0.25) is 0 Å². The topological polar surface area (TPSA) is 3.24 Å². The molecule has 1 saturated heterocycles. The van der Waals surface area contributed by atoms with Crippen molar-refractivity contribution in [3.8, 4) is 0 Å². The lowest BCUT2D eigenvalue weighted by Crippen LogP contribution is -2.09. The van der Waals surface area contributed by atoms with E-state index in [4.69, 9.17) is 0 Å². The molecule has 0 aliphatic carbocycles. The number of hydrogen-bond donors (Lipinski definition) is 0. The summed E-state index contributed by atoms with van der Waals surface area (Å²) in [5.41, 5.74) is 0. The molecule has 0 saturated carbocycles. The third-order valence-corrected chi connectivity index (χ3v) is 1.45. The smallest absolute Gasteiger partial charge is 0.0173 e. The Morgan fingerprint density at radius 2 is 2.00 bits per heavy atom. The summed E-state index contributed by atoms with van der Waals surface area (Å²) < 4.78 is 0. The molecule has 8 heavy (non-hydrogen) atoms. The van der Waals surface area contributed by atoms with Crippen molar-refractivity contribution < 1.29 is 0 Å². The monoisotopic (exact) mass is 110 g/mol. The number of likely N-dealkylation sites (tertiary alicyclic amines) is 1. The summed E-state index contributed by atoms with van der Waals surface area (Å²) in [7, 11) is 0. The van der Waals surface area contributed by atoms with E-state index >= 15 is 0 Å². The molecule has 0 aromatic heterocycles. The standard InChI is InChI=1S/C7H12N/c1-2-5-8-6-3-4-7-8/h5H,3-4,6-7H2,1H3. The van der Waals surface area contributed by atoms with Gasteiger partial charge in [-0.15, -0.1) is 0 Å². The lowest BCUT2D eigenvalue weighted by atomic mass is 10.4. The van der Waals surface area contributed by atoms with Gasteiger partial charge in [-0.05, 0) is 25.8 Å². The Hall–Kier alpha value is -0.460. The van der Waals surface area contributed by atoms with E-state index in [2.05, 4.69) is 11.0 Å². The average Bonchev–Trinajstić information content (AvgIpc) is 2.19. The molecule has 0 atom stereocenters. The van der Waals surface area contributed by atoms with E-state index in [-0.39, 0.29) is 0 Å². The molecule has 1 aliphatic heterocycles. The highest BCUT2D eigenvalue weighted by Gasteiger charge is 2.04. The van der Waals surface area contributed by atoms with Gasteiger partial charge in [0.1, 0.15) is 0 Å². The number of nitrogens with zero attached hydrogens (tertiary/aromatic N) is 1. The first-order chi connectivity index (χ1) is 3.93. The molecule has 0 unspecified atom stereocenters. The van der Waals surface area contributed by atoms with Crippen LogP contribution in [0.15, 0.2) is 6.20 Å². The maximum atomic E-state index is 3.01. The largest absolute Gasteiger partial charge is 0.377 e. The molecule has 0 aromatic rings. The maximum absolute atomic E-state index is 3.01. The van der Waals surface area contributed by atoms with Crippen LogP contribution in [0.4, 0.5) is 0 Å². The van der Waals surface area contributed by atoms with Gasteiger partial charge in [0.25, 0.3) is 0 Å². The predicted octanol–water partition coefficient (Wildman–Crippen LogP) is 1.42. The minimum atomic E-state index is 1.24. The predicted molar refractivity (Wildman–Crippen MR) is 34.3 cm³/mol. The highest BCUT2D eigenvalue weighted by atomic mass is 15.1. The first-order valence-corrected chi connectivity index (χ1v) is 3.18. The quantitative estimate of drug-likeness (QED) is 0.493. The van der Waals surface area contributed by atoms with E-state index in [0.29, 0.717) is 0 Å². The highest BCUT2D eigenvalue weighted by molar-refractivity contribution is 4.77. The van der Waals surface area contributed by atoms with Crippen molar-refractivity contribution in [3.05, 3.63) is 12.3 Å². The van der Waals surface area contributed by atoms with Crippen molar-refractivity contribution in [2.75, 3.05) is 13.1 Å². The van der Waals surface area contributed by atoms with Crippen LogP contribution >= 0.6 is 0 Å². The van der Waals surface area contributed by atoms with Crippen LogP contribution in [-0.2, 0) is 0 Å². The van der Waals surface area contributed by atoms with Gasteiger partial charge < -0.3 is 4.90 Å². The lowest BCUT2D eigenvalue weighted by molar-refractivity contribution is 0.466. The maximum Gasteiger partial charge on any atom is 0.0173 e. The summed E-state index contributed by atoms with van der Waals surface area (Å²) in [6.45, 7) is 4.42. The van der Waals surface area contributed by atoms with Crippen LogP contribution in [0.2, 0.25) is 0 Å². The van der Waals surface area contributed by atoms with Crippen LogP contribution in [0.25, 0.3) is 0 Å². The molecule has 1 aliphatic rings. The normalized spacial score (nSPS) is 20.9. The number of hydrogen-bond acceptors (Lipinski definition) is 1. The Kier molecular flexibility index (Phi) is 1.95. The van der Waals surface area contributed by atoms with Gasteiger partial charge in [-0.25, -0.2) is 0 Å². The second kappa shape index (κ2) is 2.75. The summed E-state index contributed by atoms with van der Waals surface area (Å²) in [5, 5.41) is 0. The fraction of sp³-hybridized carbons (Fsp3) is 0.714. The van der Waals surface area contributed by atoms with Crippen molar-refractivity contribution in [1.82, 2.24) is 4.90 Å². The Labute approximate surface area is 51.0 Å². The molecule has 0 N–H and O–H groups in total. The van der Waals surface area contributed by atoms with Crippen molar-refractivity contribution >= 4 is 0 Å². The Morgan fingerprint density at radius 3 is 2.50 bits per heavy atom. The summed E-state index contributed by atoms with van der Waals surface area (Å²) in [6.07, 6.45) is 7.78. The molecule has 1 rings (SSSR count). The van der Waals surface area contributed by atoms with E-state index in [1.807, 2.05) is 13.1 Å². The van der Waals surface area contributed by atoms with Crippen molar-refractivity contribution in [1.29, 1.82) is 0 Å². The molecule has 0 amide bonds. The van der Waals surface area contributed by atoms with Gasteiger partial charge >= 0.3 is 0 Å². The van der Waals surface area contributed by atoms with Crippen LogP contribution in [0.1, 0.15) is 19.8 Å². The fourth-order valence-electron chi connectivity index (χ4n) is 1.05. The molecule has 1 radical (unpaired) electrons. The lowest BCUT2D eigenvalue weighted by Gasteiger charge is -2.08. The molecule has 1 nitrogen and oxygen atoms in total. The van der Waals surface area contributed by atoms with Crippen LogP contribution < -0.4 is 0 Å². The van der Waals surface area contributed by atoms with Crippen LogP contribution in [-0.4, -0.2) is 18.0 Å². The Balaban J connectivity index is 2.24. The Morgan fingerprint density at radius 1 is 1.38 bits per heavy atom. The molecular formula is C7H12N. The van der Waals surface area contributed by atoms with E-state index in [1.54, 1.807) is 0 Å². The third-order valence-electron chi connectivity index (χ3n) is 1.45. The average molecular weight is 110 g/mol. The molecule has 0 bridgehead atoms. The molecule has 1 heteroatoms. The van der Waals surface area contributed by atoms with Crippen LogP contribution in [0.5, 0.6) is 0 Å². The second-order valence-electron chi connectivity index (χ2n) is 2.16. The zero-order chi connectivity index (χ0) is 5.82. The van der Waals surface area contributed by atoms with Crippen molar-refractivity contribution in [2.45, 2.75) is 19.8 Å². The summed E-state index contributed by atoms with van der Waals surface area (Å²) in [4.78, 5) is 2.31. The minimum Gasteiger partial charge on any atom is -0.377 e. The first kappa shape index (κ1) is 5.67. The van der Waals surface area contributed by atoms with Crippen molar-refractivity contribution in [2.24, 2.45) is 0 Å². The third kappa shape index (κ3) is 1.25. The van der Waals surface area contributed by atoms with Gasteiger partial charge in [0, 0.05) is 19.3 Å². The Bertz CT molecular complexity index is 80.4. The van der Waals surface area contributed by atoms with E-state index in [0.717, 1.165) is 0 Å². The van der Waals surface area contributed by atoms with Gasteiger partial charge in [-0.1, -0.05) is 0 Å². The van der Waals surface area contributed by atoms with Crippen LogP contribution in [0, 0.1) is 6.08 Å². The van der Waals surface area contributed by atoms with E-state index < -0.39 is 0 Å². The molecule has 0 spiro atoms. The summed E-state index contributed by atoms with van der Waals surface area (Å²) >= 11 is 0. The fourth-order valence-corrected chi connectivity index (χ4v) is 1.05. The molecule has 45 valence electrons. The second-order valence-corrected chi connectivity index (χ2v) is 2.16. The molecule has 1 heterocycles. The number of allylic oxidation sites excluding steroid dienone is 1. The summed E-state index contributed by atoms with van der Waals surface area (Å²) in [5.74, 6) is 0. The minimum absolute atomic E-state index is 1.24. The number of rotatable bonds is 1. The highest BCUT2D eigenvalue weighted by Crippen LogP contribution is 2.06. The zero-order valence-electron chi connectivity index (χ0n) is 5.35. The first-order valence-electron chi connectivity index (χ1n) is 3.18. The zero-order valence-corrected chi connectivity index (χ0v) is 5.35. The van der Waals surface area contributed by atoms with E-state index in [9.17, 15) is 0 Å². The molecule has 1 fully saturated rings. The summed E-state index contributed by atoms with van der Waals surface area (Å²) in [6, 6.07) is 0. The van der Waals surface area contributed by atoms with Gasteiger partial charge in [0.05, 0.1) is 0 Å². The van der Waals surface area contributed by atoms with E-state index in [1.165, 1.54) is 25.9 Å². The molecule has 0 aromatic carbocycles. The SMILES string of the molecule is C[C]=CN1CCCC1. The van der Waals surface area contributed by atoms with Gasteiger partial charge in [0.15, 0.2) is 0 Å². The van der Waals surface area contributed by atoms with Gasteiger partial charge in [-0.2, -0.15) is 0 Å². The van der Waals surface area contributed by atoms with Crippen LogP contribution in [0.3, 0.4) is 0 Å². The molecular weight excluding hydrogens is 98.1 g/mol. The van der Waals surface area contributed by atoms with Gasteiger partial charge in [0.2, 0.25) is 0 Å².